The van der Waals surface area contributed by atoms with Gasteiger partial charge in [-0.25, -0.2) is 0 Å². The van der Waals surface area contributed by atoms with E-state index >= 15 is 0 Å². The Labute approximate surface area is 161 Å². The van der Waals surface area contributed by atoms with Gasteiger partial charge in [-0.1, -0.05) is 51.3 Å². The number of carbonyl (C=O) groups is 2. The number of hydrazine groups is 1. The largest absolute Gasteiger partial charge is 0.287 e. The molecular weight excluding hydrogens is 427 g/mol. The van der Waals surface area contributed by atoms with Crippen molar-refractivity contribution in [2.45, 2.75) is 0 Å². The third-order valence-electron chi connectivity index (χ3n) is 3.97. The van der Waals surface area contributed by atoms with E-state index in [1.165, 1.54) is 0 Å². The molecule has 0 saturated heterocycles. The molecule has 1 heterocycles. The Balaban J connectivity index is 1.86. The minimum Gasteiger partial charge on any atom is -0.287 e. The molecule has 25 heavy (non-hydrogen) atoms. The van der Waals surface area contributed by atoms with Gasteiger partial charge < -0.3 is 0 Å². The van der Waals surface area contributed by atoms with E-state index in [1.54, 1.807) is 36.4 Å². The van der Waals surface area contributed by atoms with Gasteiger partial charge >= 0.3 is 0 Å². The molecule has 0 unspecified atom stereocenters. The Morgan fingerprint density at radius 1 is 0.920 bits per heavy atom. The van der Waals surface area contributed by atoms with Crippen molar-refractivity contribution in [3.8, 4) is 0 Å². The smallest absolute Gasteiger partial charge is 0.280 e. The molecule has 2 amide bonds. The average Bonchev–Trinajstić information content (AvgIpc) is 2.59. The lowest BCUT2D eigenvalue weighted by Gasteiger charge is -2.28. The number of halogens is 3. The molecule has 0 radical (unpaired) electrons. The Morgan fingerprint density at radius 3 is 2.48 bits per heavy atom. The van der Waals surface area contributed by atoms with E-state index < -0.39 is 11.8 Å². The molecule has 0 aromatic heterocycles. The van der Waals surface area contributed by atoms with E-state index in [1.807, 2.05) is 12.1 Å². The fraction of sp³-hybridized carbons (Fsp3) is 0. The monoisotopic (exact) mass is 434 g/mol. The first kappa shape index (κ1) is 16.4. The summed E-state index contributed by atoms with van der Waals surface area (Å²) < 4.78 is 0.760. The topological polar surface area (TPSA) is 49.4 Å². The zero-order chi connectivity index (χ0) is 17.7. The summed E-state index contributed by atoms with van der Waals surface area (Å²) in [6.07, 6.45) is 0. The molecule has 0 bridgehead atoms. The molecule has 0 fully saturated rings. The predicted molar refractivity (Wildman–Crippen MR) is 102 cm³/mol. The molecule has 0 spiro atoms. The van der Waals surface area contributed by atoms with Crippen LogP contribution in [0.2, 0.25) is 10.0 Å². The van der Waals surface area contributed by atoms with Crippen molar-refractivity contribution in [1.82, 2.24) is 5.01 Å². The SMILES string of the molecule is O=C1c2cccc3cc(Br)cc(c23)C(=O)N1Nc1cc(Cl)ccc1Cl. The van der Waals surface area contributed by atoms with Gasteiger partial charge in [0.15, 0.2) is 0 Å². The summed E-state index contributed by atoms with van der Waals surface area (Å²) in [5.74, 6) is -0.896. The highest BCUT2D eigenvalue weighted by atomic mass is 79.9. The van der Waals surface area contributed by atoms with Gasteiger partial charge in [-0.3, -0.25) is 15.0 Å². The number of carbonyl (C=O) groups excluding carboxylic acids is 2. The summed E-state index contributed by atoms with van der Waals surface area (Å²) in [6, 6.07) is 13.7. The first-order valence-corrected chi connectivity index (χ1v) is 8.83. The number of nitrogens with one attached hydrogen (secondary N) is 1. The van der Waals surface area contributed by atoms with Crippen molar-refractivity contribution < 1.29 is 9.59 Å². The highest BCUT2D eigenvalue weighted by molar-refractivity contribution is 9.10. The molecule has 1 aliphatic rings. The van der Waals surface area contributed by atoms with E-state index in [4.69, 9.17) is 23.2 Å². The van der Waals surface area contributed by atoms with E-state index in [2.05, 4.69) is 21.4 Å². The lowest BCUT2D eigenvalue weighted by molar-refractivity contribution is 0.0649. The summed E-state index contributed by atoms with van der Waals surface area (Å²) in [6.45, 7) is 0. The Hall–Kier alpha value is -2.08. The van der Waals surface area contributed by atoms with Crippen LogP contribution in [-0.2, 0) is 0 Å². The molecule has 0 atom stereocenters. The minimum absolute atomic E-state index is 0.350. The molecule has 0 saturated carbocycles. The molecule has 3 aromatic rings. The van der Waals surface area contributed by atoms with E-state index in [9.17, 15) is 9.59 Å². The van der Waals surface area contributed by atoms with Crippen molar-refractivity contribution in [1.29, 1.82) is 0 Å². The van der Waals surface area contributed by atoms with Gasteiger partial charge in [-0.15, -0.1) is 0 Å². The van der Waals surface area contributed by atoms with Crippen LogP contribution in [0.15, 0.2) is 53.0 Å². The summed E-state index contributed by atoms with van der Waals surface area (Å²) in [7, 11) is 0. The molecule has 124 valence electrons. The highest BCUT2D eigenvalue weighted by Crippen LogP contribution is 2.34. The van der Waals surface area contributed by atoms with Gasteiger partial charge in [0.2, 0.25) is 0 Å². The number of benzene rings is 3. The maximum Gasteiger partial charge on any atom is 0.280 e. The standard InChI is InChI=1S/C18H9BrCl2N2O2/c19-10-6-9-2-1-3-12-16(9)13(7-10)18(25)23(17(12)24)22-15-8-11(20)4-5-14(15)21/h1-8,22H. The second kappa shape index (κ2) is 6.02. The lowest BCUT2D eigenvalue weighted by atomic mass is 9.95. The second-order valence-electron chi connectivity index (χ2n) is 5.54. The number of imide groups is 1. The Bertz CT molecular complexity index is 1070. The van der Waals surface area contributed by atoms with Gasteiger partial charge in [-0.05, 0) is 41.8 Å². The fourth-order valence-corrected chi connectivity index (χ4v) is 3.68. The fourth-order valence-electron chi connectivity index (χ4n) is 2.88. The molecule has 4 nitrogen and oxygen atoms in total. The number of amides is 2. The zero-order valence-corrected chi connectivity index (χ0v) is 15.6. The third-order valence-corrected chi connectivity index (χ3v) is 4.99. The van der Waals surface area contributed by atoms with E-state index in [0.717, 1.165) is 14.9 Å². The van der Waals surface area contributed by atoms with Crippen LogP contribution in [0, 0.1) is 0 Å². The Kier molecular flexibility index (Phi) is 3.95. The molecular formula is C18H9BrCl2N2O2. The van der Waals surface area contributed by atoms with Crippen LogP contribution in [-0.4, -0.2) is 16.8 Å². The van der Waals surface area contributed by atoms with E-state index in [0.29, 0.717) is 32.2 Å². The van der Waals surface area contributed by atoms with Crippen LogP contribution in [0.1, 0.15) is 20.7 Å². The number of nitrogens with zero attached hydrogens (tertiary/aromatic N) is 1. The first-order chi connectivity index (χ1) is 12.0. The molecule has 0 aliphatic carbocycles. The Morgan fingerprint density at radius 2 is 1.68 bits per heavy atom. The second-order valence-corrected chi connectivity index (χ2v) is 7.30. The highest BCUT2D eigenvalue weighted by Gasteiger charge is 2.33. The van der Waals surface area contributed by atoms with Gasteiger partial charge in [0.05, 0.1) is 21.8 Å². The van der Waals surface area contributed by atoms with Gasteiger partial charge in [0, 0.05) is 14.9 Å². The molecule has 7 heteroatoms. The lowest BCUT2D eigenvalue weighted by Crippen LogP contribution is -2.44. The van der Waals surface area contributed by atoms with Gasteiger partial charge in [0.1, 0.15) is 0 Å². The van der Waals surface area contributed by atoms with Crippen LogP contribution in [0.25, 0.3) is 10.8 Å². The van der Waals surface area contributed by atoms with Gasteiger partial charge in [0.25, 0.3) is 11.8 Å². The minimum atomic E-state index is -0.453. The van der Waals surface area contributed by atoms with E-state index in [-0.39, 0.29) is 0 Å². The van der Waals surface area contributed by atoms with Crippen LogP contribution in [0.4, 0.5) is 5.69 Å². The summed E-state index contributed by atoms with van der Waals surface area (Å²) in [5, 5.41) is 3.22. The zero-order valence-electron chi connectivity index (χ0n) is 12.5. The molecule has 3 aromatic carbocycles. The summed E-state index contributed by atoms with van der Waals surface area (Å²) >= 11 is 15.5. The van der Waals surface area contributed by atoms with Gasteiger partial charge in [-0.2, -0.15) is 5.01 Å². The number of rotatable bonds is 2. The van der Waals surface area contributed by atoms with Crippen LogP contribution < -0.4 is 5.43 Å². The molecule has 1 aliphatic heterocycles. The first-order valence-electron chi connectivity index (χ1n) is 7.28. The van der Waals surface area contributed by atoms with Crippen molar-refractivity contribution in [3.05, 3.63) is 74.2 Å². The van der Waals surface area contributed by atoms with Crippen molar-refractivity contribution in [2.75, 3.05) is 5.43 Å². The molecule has 1 N–H and O–H groups in total. The van der Waals surface area contributed by atoms with Crippen LogP contribution in [0.5, 0.6) is 0 Å². The quantitative estimate of drug-likeness (QED) is 0.538. The van der Waals surface area contributed by atoms with Crippen molar-refractivity contribution in [2.24, 2.45) is 0 Å². The third kappa shape index (κ3) is 2.68. The van der Waals surface area contributed by atoms with Crippen molar-refractivity contribution >= 4 is 67.4 Å². The number of anilines is 1. The average molecular weight is 436 g/mol. The van der Waals surface area contributed by atoms with Crippen LogP contribution >= 0.6 is 39.1 Å². The van der Waals surface area contributed by atoms with Crippen molar-refractivity contribution in [3.63, 3.8) is 0 Å². The predicted octanol–water partition coefficient (Wildman–Crippen LogP) is 5.53. The summed E-state index contributed by atoms with van der Waals surface area (Å²) in [4.78, 5) is 25.8. The maximum atomic E-state index is 12.9. The molecule has 4 rings (SSSR count). The number of hydrogen-bond donors (Lipinski definition) is 1. The maximum absolute atomic E-state index is 12.9. The normalized spacial score (nSPS) is 13.5. The van der Waals surface area contributed by atoms with Crippen LogP contribution in [0.3, 0.4) is 0 Å². The summed E-state index contributed by atoms with van der Waals surface area (Å²) in [5.41, 5.74) is 4.06. The number of hydrogen-bond acceptors (Lipinski definition) is 3.